The first kappa shape index (κ1) is 30.1. The Labute approximate surface area is 179 Å². The SMILES string of the molecule is CC(C)N(C(C)C)P(Cl)OCCC#N.CC(C)N(C(C)C)P(O)OCCC#N. The highest BCUT2D eigenvalue weighted by Crippen LogP contribution is 2.49. The van der Waals surface area contributed by atoms with Crippen molar-refractivity contribution in [2.24, 2.45) is 0 Å². The molecule has 0 aromatic carbocycles. The van der Waals surface area contributed by atoms with Gasteiger partial charge in [-0.05, 0) is 66.6 Å². The second-order valence-electron chi connectivity index (χ2n) is 7.10. The molecule has 164 valence electrons. The minimum Gasteiger partial charge on any atom is -0.338 e. The smallest absolute Gasteiger partial charge is 0.256 e. The molecule has 0 aliphatic rings. The van der Waals surface area contributed by atoms with E-state index in [0.29, 0.717) is 38.1 Å². The number of halogens is 1. The van der Waals surface area contributed by atoms with E-state index in [1.807, 2.05) is 44.5 Å². The zero-order chi connectivity index (χ0) is 22.3. The van der Waals surface area contributed by atoms with Crippen molar-refractivity contribution < 1.29 is 13.9 Å². The number of hydrogen-bond donors (Lipinski definition) is 1. The van der Waals surface area contributed by atoms with Gasteiger partial charge in [0.05, 0.1) is 38.2 Å². The van der Waals surface area contributed by atoms with Crippen molar-refractivity contribution in [2.45, 2.75) is 92.4 Å². The molecule has 0 aromatic rings. The third-order valence-electron chi connectivity index (χ3n) is 3.33. The van der Waals surface area contributed by atoms with E-state index in [9.17, 15) is 4.89 Å². The molecule has 28 heavy (non-hydrogen) atoms. The third kappa shape index (κ3) is 14.0. The van der Waals surface area contributed by atoms with Crippen LogP contribution in [0.1, 0.15) is 68.2 Å². The van der Waals surface area contributed by atoms with Crippen molar-refractivity contribution in [3.8, 4) is 12.1 Å². The average molecular weight is 455 g/mol. The van der Waals surface area contributed by atoms with Crippen LogP contribution in [0.2, 0.25) is 0 Å². The van der Waals surface area contributed by atoms with Crippen LogP contribution < -0.4 is 0 Å². The monoisotopic (exact) mass is 454 g/mol. The Bertz CT molecular complexity index is 413. The van der Waals surface area contributed by atoms with Gasteiger partial charge in [0, 0.05) is 24.2 Å². The first-order valence-corrected chi connectivity index (χ1v) is 12.8. The predicted molar refractivity (Wildman–Crippen MR) is 118 cm³/mol. The van der Waals surface area contributed by atoms with Gasteiger partial charge in [-0.3, -0.25) is 0 Å². The summed E-state index contributed by atoms with van der Waals surface area (Å²) >= 11 is 6.13. The lowest BCUT2D eigenvalue weighted by Crippen LogP contribution is -2.32. The van der Waals surface area contributed by atoms with E-state index in [1.54, 1.807) is 0 Å². The Hall–Kier alpha value is -0.0700. The standard InChI is InChI=1S/C9H18ClN2OP.C9H19N2O2P/c1-8(2)12(9(3)4)14(10)13-7-5-6-11;1-8(2)11(9(3)4)14(12)13-7-5-6-10/h8-9H,5,7H2,1-4H3;8-9,12H,5,7H2,1-4H3. The first-order valence-electron chi connectivity index (χ1n) is 9.52. The van der Waals surface area contributed by atoms with Crippen molar-refractivity contribution in [1.29, 1.82) is 10.5 Å². The number of hydrogen-bond acceptors (Lipinski definition) is 7. The summed E-state index contributed by atoms with van der Waals surface area (Å²) in [7, 11) is -2.63. The largest absolute Gasteiger partial charge is 0.338 e. The Balaban J connectivity index is 0. The molecule has 0 saturated carbocycles. The molecule has 2 unspecified atom stereocenters. The summed E-state index contributed by atoms with van der Waals surface area (Å²) in [5.41, 5.74) is 0. The number of nitriles is 2. The maximum atomic E-state index is 9.74. The van der Waals surface area contributed by atoms with Gasteiger partial charge in [0.15, 0.2) is 0 Å². The van der Waals surface area contributed by atoms with E-state index < -0.39 is 16.2 Å². The number of nitrogens with zero attached hydrogens (tertiary/aromatic N) is 4. The molecule has 0 heterocycles. The minimum atomic E-state index is -1.55. The van der Waals surface area contributed by atoms with Gasteiger partial charge in [0.2, 0.25) is 7.65 Å². The molecule has 0 aromatic heterocycles. The molecule has 0 fully saturated rings. The summed E-state index contributed by atoms with van der Waals surface area (Å²) in [6.45, 7) is 17.1. The van der Waals surface area contributed by atoms with Gasteiger partial charge in [0.1, 0.15) is 0 Å². The van der Waals surface area contributed by atoms with Gasteiger partial charge in [0.25, 0.3) is 8.53 Å². The van der Waals surface area contributed by atoms with E-state index in [1.165, 1.54) is 0 Å². The Kier molecular flexibility index (Phi) is 19.1. The molecule has 0 rings (SSSR count). The van der Waals surface area contributed by atoms with Gasteiger partial charge >= 0.3 is 0 Å². The van der Waals surface area contributed by atoms with E-state index in [2.05, 4.69) is 32.4 Å². The third-order valence-corrected chi connectivity index (χ3v) is 7.56. The van der Waals surface area contributed by atoms with Crippen LogP contribution in [0.4, 0.5) is 0 Å². The molecular formula is C18H37ClN4O3P2. The Morgan fingerprint density at radius 1 is 0.786 bits per heavy atom. The highest BCUT2D eigenvalue weighted by Gasteiger charge is 2.24. The summed E-state index contributed by atoms with van der Waals surface area (Å²) in [4.78, 5) is 9.74. The lowest BCUT2D eigenvalue weighted by molar-refractivity contribution is 0.215. The Morgan fingerprint density at radius 3 is 1.46 bits per heavy atom. The van der Waals surface area contributed by atoms with Crippen LogP contribution in [0.25, 0.3) is 0 Å². The van der Waals surface area contributed by atoms with Crippen LogP contribution >= 0.6 is 27.4 Å². The molecule has 0 aliphatic heterocycles. The summed E-state index contributed by atoms with van der Waals surface area (Å²) in [6.07, 6.45) is 0.721. The van der Waals surface area contributed by atoms with Gasteiger partial charge in [-0.1, -0.05) is 0 Å². The van der Waals surface area contributed by atoms with Crippen LogP contribution in [-0.2, 0) is 9.05 Å². The van der Waals surface area contributed by atoms with Crippen LogP contribution in [0.3, 0.4) is 0 Å². The molecule has 0 amide bonds. The van der Waals surface area contributed by atoms with Crippen molar-refractivity contribution in [1.82, 2.24) is 9.34 Å². The summed E-state index contributed by atoms with van der Waals surface area (Å²) in [5, 5.41) is 16.7. The minimum absolute atomic E-state index is 0.244. The normalized spacial score (nSPS) is 13.6. The zero-order valence-electron chi connectivity index (χ0n) is 18.5. The summed E-state index contributed by atoms with van der Waals surface area (Å²) in [6, 6.07) is 5.22. The second kappa shape index (κ2) is 17.8. The second-order valence-corrected chi connectivity index (χ2v) is 10.4. The molecular weight excluding hydrogens is 418 g/mol. The molecule has 0 spiro atoms. The molecule has 7 nitrogen and oxygen atoms in total. The lowest BCUT2D eigenvalue weighted by atomic mass is 10.3. The first-order chi connectivity index (χ1) is 13.0. The molecule has 0 aliphatic carbocycles. The van der Waals surface area contributed by atoms with Crippen molar-refractivity contribution in [3.63, 3.8) is 0 Å². The highest BCUT2D eigenvalue weighted by atomic mass is 35.7. The average Bonchev–Trinajstić information content (AvgIpc) is 2.54. The van der Waals surface area contributed by atoms with Gasteiger partial charge in [-0.25, -0.2) is 9.34 Å². The van der Waals surface area contributed by atoms with Crippen molar-refractivity contribution in [3.05, 3.63) is 0 Å². The van der Waals surface area contributed by atoms with Gasteiger partial charge < -0.3 is 13.9 Å². The van der Waals surface area contributed by atoms with Crippen molar-refractivity contribution in [2.75, 3.05) is 13.2 Å². The van der Waals surface area contributed by atoms with Crippen LogP contribution in [0.15, 0.2) is 0 Å². The number of rotatable bonds is 12. The van der Waals surface area contributed by atoms with E-state index in [4.69, 9.17) is 30.8 Å². The van der Waals surface area contributed by atoms with E-state index in [0.717, 1.165) is 0 Å². The van der Waals surface area contributed by atoms with Crippen molar-refractivity contribution >= 4 is 27.4 Å². The molecule has 0 bridgehead atoms. The van der Waals surface area contributed by atoms with Crippen LogP contribution in [-0.4, -0.2) is 51.6 Å². The molecule has 10 heteroatoms. The predicted octanol–water partition coefficient (Wildman–Crippen LogP) is 5.76. The molecule has 0 radical (unpaired) electrons. The van der Waals surface area contributed by atoms with Gasteiger partial charge in [-0.15, -0.1) is 0 Å². The summed E-state index contributed by atoms with van der Waals surface area (Å²) in [5.74, 6) is 0. The quantitative estimate of drug-likeness (QED) is 0.296. The lowest BCUT2D eigenvalue weighted by Gasteiger charge is -2.32. The molecule has 2 atom stereocenters. The fourth-order valence-electron chi connectivity index (χ4n) is 2.42. The molecule has 0 saturated heterocycles. The maximum Gasteiger partial charge on any atom is 0.256 e. The maximum absolute atomic E-state index is 9.74. The Morgan fingerprint density at radius 2 is 1.14 bits per heavy atom. The van der Waals surface area contributed by atoms with Gasteiger partial charge in [-0.2, -0.15) is 10.5 Å². The van der Waals surface area contributed by atoms with E-state index in [-0.39, 0.29) is 12.1 Å². The van der Waals surface area contributed by atoms with E-state index >= 15 is 0 Å². The fourth-order valence-corrected chi connectivity index (χ4v) is 5.96. The highest BCUT2D eigenvalue weighted by molar-refractivity contribution is 7.78. The zero-order valence-corrected chi connectivity index (χ0v) is 21.0. The van der Waals surface area contributed by atoms with Crippen LogP contribution in [0, 0.1) is 22.7 Å². The topological polar surface area (TPSA) is 92.8 Å². The summed E-state index contributed by atoms with van der Waals surface area (Å²) < 4.78 is 14.6. The van der Waals surface area contributed by atoms with Crippen LogP contribution in [0.5, 0.6) is 0 Å². The fraction of sp³-hybridized carbons (Fsp3) is 0.889. The molecule has 1 N–H and O–H groups in total.